The van der Waals surface area contributed by atoms with E-state index in [0.717, 1.165) is 6.54 Å². The molecule has 0 aromatic rings. The first-order valence-electron chi connectivity index (χ1n) is 4.25. The zero-order valence-electron chi connectivity index (χ0n) is 7.19. The Labute approximate surface area is 71.7 Å². The summed E-state index contributed by atoms with van der Waals surface area (Å²) in [5.41, 5.74) is 0. The molecule has 0 atom stereocenters. The Morgan fingerprint density at radius 3 is 2.60 bits per heavy atom. The molecule has 0 saturated carbocycles. The van der Waals surface area contributed by atoms with E-state index >= 15 is 0 Å². The summed E-state index contributed by atoms with van der Waals surface area (Å²) < 4.78 is 0. The Balaban J connectivity index is 2.65. The van der Waals surface area contributed by atoms with E-state index in [1.807, 2.05) is 0 Å². The van der Waals surface area contributed by atoms with Gasteiger partial charge in [0, 0.05) is 0 Å². The fraction of sp³-hybridized carbons (Fsp3) is 1.00. The summed E-state index contributed by atoms with van der Waals surface area (Å²) in [4.78, 5) is 0. The van der Waals surface area contributed by atoms with Crippen molar-refractivity contribution >= 4 is 15.8 Å². The van der Waals surface area contributed by atoms with Crippen molar-refractivity contribution in [1.82, 2.24) is 5.32 Å². The molecule has 61 valence electrons. The summed E-state index contributed by atoms with van der Waals surface area (Å²) in [6, 6.07) is 0. The fourth-order valence-electron chi connectivity index (χ4n) is 0.717. The minimum atomic E-state index is 0.670. The van der Waals surface area contributed by atoms with E-state index in [1.165, 1.54) is 29.8 Å². The van der Waals surface area contributed by atoms with Gasteiger partial charge in [0.15, 0.2) is 0 Å². The maximum atomic E-state index is 3.35. The fourth-order valence-corrected chi connectivity index (χ4v) is 2.98. The molecule has 0 fully saturated rings. The van der Waals surface area contributed by atoms with Crippen LogP contribution >= 0.6 is 0 Å². The van der Waals surface area contributed by atoms with E-state index in [9.17, 15) is 0 Å². The van der Waals surface area contributed by atoms with Crippen LogP contribution in [0.15, 0.2) is 0 Å². The first kappa shape index (κ1) is 10.5. The molecule has 10 heavy (non-hydrogen) atoms. The van der Waals surface area contributed by atoms with Gasteiger partial charge in [-0.2, -0.15) is 0 Å². The SMILES string of the molecule is CCCC[As]CCNCC. The van der Waals surface area contributed by atoms with Crippen LogP contribution in [0.4, 0.5) is 0 Å². The molecular formula is C8H19AsN. The zero-order valence-corrected chi connectivity index (χ0v) is 9.07. The molecule has 0 rings (SSSR count). The Morgan fingerprint density at radius 1 is 1.20 bits per heavy atom. The third-order valence-electron chi connectivity index (χ3n) is 1.37. The van der Waals surface area contributed by atoms with Crippen LogP contribution in [0.5, 0.6) is 0 Å². The van der Waals surface area contributed by atoms with Gasteiger partial charge in [0.25, 0.3) is 0 Å². The summed E-state index contributed by atoms with van der Waals surface area (Å²) in [6.45, 7) is 6.82. The molecule has 0 aromatic carbocycles. The van der Waals surface area contributed by atoms with E-state index in [0.29, 0.717) is 15.8 Å². The van der Waals surface area contributed by atoms with Crippen molar-refractivity contribution in [3.63, 3.8) is 0 Å². The topological polar surface area (TPSA) is 12.0 Å². The van der Waals surface area contributed by atoms with Gasteiger partial charge in [0.05, 0.1) is 0 Å². The molecule has 0 aliphatic carbocycles. The second-order valence-electron chi connectivity index (χ2n) is 2.38. The molecule has 0 spiro atoms. The molecule has 0 bridgehead atoms. The molecule has 1 nitrogen and oxygen atoms in total. The van der Waals surface area contributed by atoms with Crippen molar-refractivity contribution in [1.29, 1.82) is 0 Å². The van der Waals surface area contributed by atoms with Crippen LogP contribution in [0, 0.1) is 0 Å². The first-order chi connectivity index (χ1) is 4.91. The molecule has 0 unspecified atom stereocenters. The van der Waals surface area contributed by atoms with Gasteiger partial charge in [-0.1, -0.05) is 0 Å². The molecule has 1 radical (unpaired) electrons. The Hall–Kier alpha value is 0.518. The molecule has 0 aliphatic heterocycles. The predicted molar refractivity (Wildman–Crippen MR) is 48.8 cm³/mol. The van der Waals surface area contributed by atoms with E-state index in [2.05, 4.69) is 19.2 Å². The van der Waals surface area contributed by atoms with E-state index in [1.54, 1.807) is 0 Å². The monoisotopic (exact) mass is 204 g/mol. The Kier molecular flexibility index (Phi) is 10.0. The summed E-state index contributed by atoms with van der Waals surface area (Å²) in [5, 5.41) is 6.31. The normalized spacial score (nSPS) is 11.4. The van der Waals surface area contributed by atoms with Gasteiger partial charge in [-0.3, -0.25) is 0 Å². The molecule has 0 saturated heterocycles. The van der Waals surface area contributed by atoms with Crippen LogP contribution < -0.4 is 5.32 Å². The van der Waals surface area contributed by atoms with Gasteiger partial charge < -0.3 is 0 Å². The van der Waals surface area contributed by atoms with Crippen LogP contribution in [-0.2, 0) is 0 Å². The van der Waals surface area contributed by atoms with Crippen LogP contribution in [0.1, 0.15) is 26.7 Å². The minimum absolute atomic E-state index is 0.670. The third kappa shape index (κ3) is 8.52. The second kappa shape index (κ2) is 9.52. The molecule has 0 heterocycles. The van der Waals surface area contributed by atoms with Crippen molar-refractivity contribution < 1.29 is 0 Å². The number of hydrogen-bond donors (Lipinski definition) is 1. The van der Waals surface area contributed by atoms with Gasteiger partial charge in [-0.05, 0) is 0 Å². The van der Waals surface area contributed by atoms with Gasteiger partial charge in [0.2, 0.25) is 0 Å². The number of unbranched alkanes of at least 4 members (excludes halogenated alkanes) is 1. The third-order valence-corrected chi connectivity index (χ3v) is 3.83. The summed E-state index contributed by atoms with van der Waals surface area (Å²) in [5.74, 6) is 0. The second-order valence-corrected chi connectivity index (χ2v) is 5.19. The molecule has 0 aromatic heterocycles. The molecular weight excluding hydrogens is 185 g/mol. The van der Waals surface area contributed by atoms with Gasteiger partial charge >= 0.3 is 71.3 Å². The average Bonchev–Trinajstić information content (AvgIpc) is 1.97. The summed E-state index contributed by atoms with van der Waals surface area (Å²) in [7, 11) is 0. The van der Waals surface area contributed by atoms with Crippen molar-refractivity contribution in [2.45, 2.75) is 37.1 Å². The molecule has 1 N–H and O–H groups in total. The predicted octanol–water partition coefficient (Wildman–Crippen LogP) is 1.94. The molecule has 0 amide bonds. The van der Waals surface area contributed by atoms with Crippen molar-refractivity contribution in [3.8, 4) is 0 Å². The van der Waals surface area contributed by atoms with Crippen LogP contribution in [0.25, 0.3) is 0 Å². The first-order valence-corrected chi connectivity index (χ1v) is 6.91. The maximum absolute atomic E-state index is 3.35. The van der Waals surface area contributed by atoms with E-state index in [4.69, 9.17) is 0 Å². The van der Waals surface area contributed by atoms with Crippen molar-refractivity contribution in [3.05, 3.63) is 0 Å². The average molecular weight is 204 g/mol. The van der Waals surface area contributed by atoms with Crippen molar-refractivity contribution in [2.24, 2.45) is 0 Å². The quantitative estimate of drug-likeness (QED) is 0.493. The van der Waals surface area contributed by atoms with Gasteiger partial charge in [0.1, 0.15) is 0 Å². The van der Waals surface area contributed by atoms with Crippen molar-refractivity contribution in [2.75, 3.05) is 13.1 Å². The van der Waals surface area contributed by atoms with Gasteiger partial charge in [-0.15, -0.1) is 0 Å². The summed E-state index contributed by atoms with van der Waals surface area (Å²) in [6.07, 6.45) is 2.82. The number of rotatable bonds is 7. The zero-order chi connectivity index (χ0) is 7.66. The molecule has 2 heteroatoms. The summed E-state index contributed by atoms with van der Waals surface area (Å²) >= 11 is 0.670. The van der Waals surface area contributed by atoms with E-state index in [-0.39, 0.29) is 0 Å². The standard InChI is InChI=1S/C8H19AsN/c1-3-5-6-9-7-8-10-4-2/h10H,3-8H2,1-2H3. The van der Waals surface area contributed by atoms with E-state index < -0.39 is 0 Å². The number of nitrogens with one attached hydrogen (secondary N) is 1. The Morgan fingerprint density at radius 2 is 2.00 bits per heavy atom. The Bertz CT molecular complexity index is 49.2. The van der Waals surface area contributed by atoms with Crippen LogP contribution in [0.2, 0.25) is 10.4 Å². The van der Waals surface area contributed by atoms with Gasteiger partial charge in [-0.25, -0.2) is 0 Å². The van der Waals surface area contributed by atoms with Crippen LogP contribution in [0.3, 0.4) is 0 Å². The molecule has 0 aliphatic rings. The van der Waals surface area contributed by atoms with Crippen LogP contribution in [-0.4, -0.2) is 28.8 Å². The number of hydrogen-bond acceptors (Lipinski definition) is 1.